The predicted molar refractivity (Wildman–Crippen MR) is 69.5 cm³/mol. The first-order valence-corrected chi connectivity index (χ1v) is 6.17. The molecule has 108 valence electrons. The molecule has 1 aromatic rings. The highest BCUT2D eigenvalue weighted by Crippen LogP contribution is 2.29. The van der Waals surface area contributed by atoms with Crippen LogP contribution in [0, 0.1) is 15.9 Å². The third kappa shape index (κ3) is 3.02. The maximum atomic E-state index is 13.5. The molecule has 3 N–H and O–H groups in total. The van der Waals surface area contributed by atoms with Crippen molar-refractivity contribution in [3.8, 4) is 0 Å². The van der Waals surface area contributed by atoms with Crippen molar-refractivity contribution in [3.63, 3.8) is 0 Å². The van der Waals surface area contributed by atoms with Crippen LogP contribution >= 0.6 is 0 Å². The van der Waals surface area contributed by atoms with Crippen LogP contribution < -0.4 is 10.6 Å². The van der Waals surface area contributed by atoms with Crippen molar-refractivity contribution < 1.29 is 19.2 Å². The van der Waals surface area contributed by atoms with E-state index in [2.05, 4.69) is 10.6 Å². The lowest BCUT2D eigenvalue weighted by molar-refractivity contribution is -0.384. The largest absolute Gasteiger partial charge is 0.478 e. The van der Waals surface area contributed by atoms with E-state index in [0.29, 0.717) is 6.07 Å². The fourth-order valence-corrected chi connectivity index (χ4v) is 2.18. The first-order chi connectivity index (χ1) is 9.49. The van der Waals surface area contributed by atoms with Gasteiger partial charge in [-0.1, -0.05) is 0 Å². The number of carbonyl (C=O) groups is 1. The number of hydrogen-bond acceptors (Lipinski definition) is 5. The third-order valence-corrected chi connectivity index (χ3v) is 3.21. The number of halogens is 1. The Kier molecular flexibility index (Phi) is 4.14. The summed E-state index contributed by atoms with van der Waals surface area (Å²) >= 11 is 0. The highest BCUT2D eigenvalue weighted by atomic mass is 19.1. The summed E-state index contributed by atoms with van der Waals surface area (Å²) in [5.41, 5.74) is -0.987. The van der Waals surface area contributed by atoms with Crippen molar-refractivity contribution in [2.24, 2.45) is 0 Å². The smallest absolute Gasteiger partial charge is 0.338 e. The van der Waals surface area contributed by atoms with E-state index in [1.54, 1.807) is 0 Å². The summed E-state index contributed by atoms with van der Waals surface area (Å²) in [6.07, 6.45) is 1.52. The number of nitro groups is 1. The van der Waals surface area contributed by atoms with Gasteiger partial charge in [-0.15, -0.1) is 0 Å². The summed E-state index contributed by atoms with van der Waals surface area (Å²) in [6.45, 7) is 1.55. The van der Waals surface area contributed by atoms with Crippen LogP contribution in [-0.2, 0) is 0 Å². The van der Waals surface area contributed by atoms with Crippen LogP contribution in [0.1, 0.15) is 23.2 Å². The first kappa shape index (κ1) is 14.2. The van der Waals surface area contributed by atoms with Gasteiger partial charge in [-0.3, -0.25) is 10.1 Å². The van der Waals surface area contributed by atoms with Crippen molar-refractivity contribution >= 4 is 17.3 Å². The Morgan fingerprint density at radius 1 is 1.45 bits per heavy atom. The minimum Gasteiger partial charge on any atom is -0.478 e. The van der Waals surface area contributed by atoms with Crippen LogP contribution in [0.25, 0.3) is 0 Å². The molecule has 0 aliphatic carbocycles. The minimum absolute atomic E-state index is 0.00190. The number of hydrogen-bond donors (Lipinski definition) is 3. The molecule has 7 nitrogen and oxygen atoms in total. The van der Waals surface area contributed by atoms with Crippen LogP contribution in [0.5, 0.6) is 0 Å². The molecule has 1 fully saturated rings. The lowest BCUT2D eigenvalue weighted by Crippen LogP contribution is -2.35. The highest BCUT2D eigenvalue weighted by Gasteiger charge is 2.24. The number of benzene rings is 1. The zero-order valence-electron chi connectivity index (χ0n) is 10.6. The molecule has 1 aliphatic rings. The molecule has 0 aromatic heterocycles. The van der Waals surface area contributed by atoms with Gasteiger partial charge in [0.15, 0.2) is 0 Å². The fraction of sp³-hybridized carbons (Fsp3) is 0.417. The third-order valence-electron chi connectivity index (χ3n) is 3.21. The van der Waals surface area contributed by atoms with E-state index < -0.39 is 28.0 Å². The molecule has 1 heterocycles. The number of anilines is 1. The zero-order valence-corrected chi connectivity index (χ0v) is 10.6. The number of rotatable bonds is 4. The Bertz CT molecular complexity index is 544. The normalized spacial score (nSPS) is 15.8. The van der Waals surface area contributed by atoms with Gasteiger partial charge in [0.1, 0.15) is 11.5 Å². The molecular weight excluding hydrogens is 269 g/mol. The second kappa shape index (κ2) is 5.83. The van der Waals surface area contributed by atoms with E-state index in [9.17, 15) is 19.3 Å². The van der Waals surface area contributed by atoms with Gasteiger partial charge in [0.05, 0.1) is 16.6 Å². The average molecular weight is 283 g/mol. The molecule has 1 aromatic carbocycles. The number of carboxylic acid groups (broad SMARTS) is 1. The molecule has 0 saturated carbocycles. The molecule has 8 heteroatoms. The van der Waals surface area contributed by atoms with Crippen molar-refractivity contribution in [2.45, 2.75) is 18.9 Å². The van der Waals surface area contributed by atoms with Crippen molar-refractivity contribution in [1.29, 1.82) is 0 Å². The number of aromatic carboxylic acids is 1. The Morgan fingerprint density at radius 2 is 2.10 bits per heavy atom. The monoisotopic (exact) mass is 283 g/mol. The number of nitrogens with zero attached hydrogens (tertiary/aromatic N) is 1. The Hall–Kier alpha value is -2.22. The topological polar surface area (TPSA) is 104 Å². The minimum atomic E-state index is -1.45. The summed E-state index contributed by atoms with van der Waals surface area (Å²) in [5.74, 6) is -2.56. The van der Waals surface area contributed by atoms with E-state index in [-0.39, 0.29) is 11.7 Å². The van der Waals surface area contributed by atoms with Crippen molar-refractivity contribution in [2.75, 3.05) is 18.4 Å². The Balaban J connectivity index is 2.34. The lowest BCUT2D eigenvalue weighted by atomic mass is 10.1. The zero-order chi connectivity index (χ0) is 14.7. The van der Waals surface area contributed by atoms with Gasteiger partial charge in [0.25, 0.3) is 5.69 Å². The molecule has 0 amide bonds. The number of piperidine rings is 1. The summed E-state index contributed by atoms with van der Waals surface area (Å²) in [5, 5.41) is 25.9. The van der Waals surface area contributed by atoms with Crippen LogP contribution in [0.3, 0.4) is 0 Å². The summed E-state index contributed by atoms with van der Waals surface area (Å²) in [7, 11) is 0. The molecule has 1 aliphatic heterocycles. The predicted octanol–water partition coefficient (Wildman–Crippen LogP) is 1.60. The standard InChI is InChI=1S/C12H14FN3O4/c13-9-6-11(16(19)20)10(5-8(9)12(17)18)15-7-1-3-14-4-2-7/h5-7,14-15H,1-4H2,(H,17,18). The van der Waals surface area contributed by atoms with Gasteiger partial charge in [-0.25, -0.2) is 9.18 Å². The van der Waals surface area contributed by atoms with E-state index in [4.69, 9.17) is 5.11 Å². The first-order valence-electron chi connectivity index (χ1n) is 6.17. The molecule has 0 atom stereocenters. The highest BCUT2D eigenvalue weighted by molar-refractivity contribution is 5.90. The molecule has 1 saturated heterocycles. The average Bonchev–Trinajstić information content (AvgIpc) is 2.41. The van der Waals surface area contributed by atoms with Gasteiger partial charge < -0.3 is 15.7 Å². The molecular formula is C12H14FN3O4. The van der Waals surface area contributed by atoms with E-state index >= 15 is 0 Å². The maximum absolute atomic E-state index is 13.5. The summed E-state index contributed by atoms with van der Waals surface area (Å²) < 4.78 is 13.5. The molecule has 20 heavy (non-hydrogen) atoms. The number of nitro benzene ring substituents is 1. The van der Waals surface area contributed by atoms with E-state index in [1.807, 2.05) is 0 Å². The van der Waals surface area contributed by atoms with E-state index in [1.165, 1.54) is 0 Å². The Morgan fingerprint density at radius 3 is 2.65 bits per heavy atom. The number of nitrogens with one attached hydrogen (secondary N) is 2. The molecule has 2 rings (SSSR count). The van der Waals surface area contributed by atoms with Crippen LogP contribution in [0.4, 0.5) is 15.8 Å². The van der Waals surface area contributed by atoms with Gasteiger partial charge in [0.2, 0.25) is 0 Å². The van der Waals surface area contributed by atoms with Crippen LogP contribution in [0.2, 0.25) is 0 Å². The quantitative estimate of drug-likeness (QED) is 0.572. The molecule has 0 spiro atoms. The van der Waals surface area contributed by atoms with Crippen LogP contribution in [-0.4, -0.2) is 35.1 Å². The SMILES string of the molecule is O=C(O)c1cc(NC2CCNCC2)c([N+](=O)[O-])cc1F. The molecule has 0 radical (unpaired) electrons. The van der Waals surface area contributed by atoms with Gasteiger partial charge in [-0.05, 0) is 32.0 Å². The van der Waals surface area contributed by atoms with E-state index in [0.717, 1.165) is 32.0 Å². The second-order valence-corrected chi connectivity index (χ2v) is 4.58. The lowest BCUT2D eigenvalue weighted by Gasteiger charge is -2.24. The van der Waals surface area contributed by atoms with Crippen LogP contribution in [0.15, 0.2) is 12.1 Å². The molecule has 0 unspecified atom stereocenters. The second-order valence-electron chi connectivity index (χ2n) is 4.58. The summed E-state index contributed by atoms with van der Waals surface area (Å²) in [4.78, 5) is 21.1. The molecule has 0 bridgehead atoms. The van der Waals surface area contributed by atoms with Gasteiger partial charge in [0, 0.05) is 6.04 Å². The van der Waals surface area contributed by atoms with Crippen molar-refractivity contribution in [3.05, 3.63) is 33.6 Å². The van der Waals surface area contributed by atoms with Gasteiger partial charge in [-0.2, -0.15) is 0 Å². The van der Waals surface area contributed by atoms with Crippen molar-refractivity contribution in [1.82, 2.24) is 5.32 Å². The van der Waals surface area contributed by atoms with Gasteiger partial charge >= 0.3 is 5.97 Å². The number of carboxylic acids is 1. The summed E-state index contributed by atoms with van der Waals surface area (Å²) in [6, 6.07) is 1.63. The Labute approximate surface area is 113 Å². The maximum Gasteiger partial charge on any atom is 0.338 e. The fourth-order valence-electron chi connectivity index (χ4n) is 2.18.